The van der Waals surface area contributed by atoms with E-state index in [0.717, 1.165) is 11.1 Å². The van der Waals surface area contributed by atoms with E-state index in [1.54, 1.807) is 24.2 Å². The summed E-state index contributed by atoms with van der Waals surface area (Å²) in [5, 5.41) is 8.87. The van der Waals surface area contributed by atoms with Gasteiger partial charge in [-0.1, -0.05) is 62.7 Å². The molecule has 5 unspecified atom stereocenters. The van der Waals surface area contributed by atoms with Gasteiger partial charge in [-0.15, -0.1) is 0 Å². The second kappa shape index (κ2) is 12.1. The lowest BCUT2D eigenvalue weighted by molar-refractivity contribution is -0.142. The van der Waals surface area contributed by atoms with Crippen molar-refractivity contribution in [3.63, 3.8) is 0 Å². The highest BCUT2D eigenvalue weighted by Crippen LogP contribution is 2.27. The fourth-order valence-corrected chi connectivity index (χ4v) is 4.89. The number of likely N-dealkylation sites (tertiary alicyclic amines) is 1. The van der Waals surface area contributed by atoms with E-state index in [1.807, 2.05) is 68.4 Å². The summed E-state index contributed by atoms with van der Waals surface area (Å²) in [4.78, 5) is 42.2. The Bertz CT molecular complexity index is 1120. The Morgan fingerprint density at radius 1 is 1.11 bits per heavy atom. The van der Waals surface area contributed by atoms with Crippen molar-refractivity contribution in [2.24, 2.45) is 5.92 Å². The third kappa shape index (κ3) is 6.20. The SMILES string of the molecule is CCC(C)C1NC(=O)C2C(CCN2C(=O)C(Cc2ccccc2)NC)Oc2ccc(cc2)C=CNC1=O. The lowest BCUT2D eigenvalue weighted by Crippen LogP contribution is -2.59. The van der Waals surface area contributed by atoms with E-state index in [0.29, 0.717) is 31.6 Å². The van der Waals surface area contributed by atoms with Gasteiger partial charge < -0.3 is 25.6 Å². The maximum Gasteiger partial charge on any atom is 0.247 e. The predicted octanol–water partition coefficient (Wildman–Crippen LogP) is 2.50. The Hall–Kier alpha value is -3.65. The molecular weight excluding hydrogens is 468 g/mol. The van der Waals surface area contributed by atoms with Crippen LogP contribution in [0.2, 0.25) is 0 Å². The molecule has 1 saturated heterocycles. The van der Waals surface area contributed by atoms with Crippen LogP contribution in [-0.2, 0) is 20.8 Å². The van der Waals surface area contributed by atoms with Crippen LogP contribution in [0.5, 0.6) is 5.75 Å². The van der Waals surface area contributed by atoms with Gasteiger partial charge in [0.15, 0.2) is 0 Å². The van der Waals surface area contributed by atoms with Crippen molar-refractivity contribution < 1.29 is 19.1 Å². The van der Waals surface area contributed by atoms with Crippen LogP contribution in [0.4, 0.5) is 0 Å². The maximum absolute atomic E-state index is 13.8. The first-order valence-corrected chi connectivity index (χ1v) is 13.0. The number of carbonyl (C=O) groups excluding carboxylic acids is 3. The van der Waals surface area contributed by atoms with Crippen molar-refractivity contribution in [2.75, 3.05) is 13.6 Å². The molecule has 5 rings (SSSR count). The minimum absolute atomic E-state index is 0.100. The summed E-state index contributed by atoms with van der Waals surface area (Å²) in [5.41, 5.74) is 1.94. The first-order valence-electron chi connectivity index (χ1n) is 13.0. The van der Waals surface area contributed by atoms with Gasteiger partial charge in [0.1, 0.15) is 23.9 Å². The molecule has 3 aliphatic heterocycles. The Kier molecular flexibility index (Phi) is 8.61. The van der Waals surface area contributed by atoms with Gasteiger partial charge in [0.2, 0.25) is 17.7 Å². The molecule has 5 atom stereocenters. The third-order valence-corrected chi connectivity index (χ3v) is 7.29. The highest BCUT2D eigenvalue weighted by molar-refractivity contribution is 5.94. The zero-order valence-electron chi connectivity index (χ0n) is 21.6. The highest BCUT2D eigenvalue weighted by Gasteiger charge is 2.46. The number of nitrogens with one attached hydrogen (secondary N) is 3. The molecule has 8 heteroatoms. The van der Waals surface area contributed by atoms with E-state index in [-0.39, 0.29) is 23.6 Å². The van der Waals surface area contributed by atoms with Gasteiger partial charge in [-0.3, -0.25) is 14.4 Å². The van der Waals surface area contributed by atoms with Crippen LogP contribution in [0.1, 0.15) is 37.8 Å². The number of nitrogens with zero attached hydrogens (tertiary/aromatic N) is 1. The maximum atomic E-state index is 13.8. The molecule has 0 aliphatic carbocycles. The number of likely N-dealkylation sites (N-methyl/N-ethyl adjacent to an activating group) is 1. The van der Waals surface area contributed by atoms with Gasteiger partial charge in [-0.05, 0) is 48.7 Å². The molecule has 0 saturated carbocycles. The van der Waals surface area contributed by atoms with Gasteiger partial charge in [-0.2, -0.15) is 0 Å². The summed E-state index contributed by atoms with van der Waals surface area (Å²) in [7, 11) is 1.75. The molecule has 3 heterocycles. The van der Waals surface area contributed by atoms with Crippen molar-refractivity contribution in [2.45, 2.75) is 57.3 Å². The average Bonchev–Trinajstić information content (AvgIpc) is 3.34. The van der Waals surface area contributed by atoms with Gasteiger partial charge >= 0.3 is 0 Å². The number of hydrogen-bond acceptors (Lipinski definition) is 5. The van der Waals surface area contributed by atoms with Crippen LogP contribution in [0.3, 0.4) is 0 Å². The molecule has 0 spiro atoms. The van der Waals surface area contributed by atoms with Gasteiger partial charge in [0, 0.05) is 19.2 Å². The van der Waals surface area contributed by atoms with Crippen LogP contribution in [0.15, 0.2) is 60.8 Å². The highest BCUT2D eigenvalue weighted by atomic mass is 16.5. The van der Waals surface area contributed by atoms with Crippen molar-refractivity contribution in [3.8, 4) is 5.75 Å². The summed E-state index contributed by atoms with van der Waals surface area (Å²) in [6.45, 7) is 4.29. The molecule has 2 aromatic rings. The molecule has 0 radical (unpaired) electrons. The van der Waals surface area contributed by atoms with E-state index < -0.39 is 24.2 Å². The standard InChI is InChI=1S/C29H36N4O4/c1-4-19(2)25-27(34)31-16-14-20-10-12-22(13-11-20)37-24-15-17-33(26(24)28(35)32-25)29(36)23(30-3)18-21-8-6-5-7-9-21/h5-14,16,19,23-26,30H,4,15,17-18H2,1-3H3,(H,31,34)(H,32,35). The summed E-state index contributed by atoms with van der Waals surface area (Å²) < 4.78 is 6.27. The number of benzene rings is 2. The summed E-state index contributed by atoms with van der Waals surface area (Å²) in [6.07, 6.45) is 4.55. The number of amides is 3. The molecule has 0 aromatic heterocycles. The van der Waals surface area contributed by atoms with Crippen LogP contribution in [-0.4, -0.2) is 60.4 Å². The monoisotopic (exact) mass is 504 g/mol. The Morgan fingerprint density at radius 3 is 2.51 bits per heavy atom. The van der Waals surface area contributed by atoms with E-state index in [9.17, 15) is 14.4 Å². The molecule has 3 N–H and O–H groups in total. The Balaban J connectivity index is 1.65. The molecule has 3 aliphatic rings. The first kappa shape index (κ1) is 26.4. The Labute approximate surface area is 218 Å². The minimum atomic E-state index is -0.864. The van der Waals surface area contributed by atoms with Crippen LogP contribution in [0.25, 0.3) is 6.08 Å². The normalized spacial score (nSPS) is 23.3. The topological polar surface area (TPSA) is 99.8 Å². The van der Waals surface area contributed by atoms with Gasteiger partial charge in [0.25, 0.3) is 0 Å². The van der Waals surface area contributed by atoms with Crippen LogP contribution < -0.4 is 20.7 Å². The van der Waals surface area contributed by atoms with Gasteiger partial charge in [0.05, 0.1) is 6.04 Å². The zero-order valence-corrected chi connectivity index (χ0v) is 21.6. The van der Waals surface area contributed by atoms with Gasteiger partial charge in [-0.25, -0.2) is 0 Å². The molecule has 196 valence electrons. The number of fused-ring (bicyclic) bond motifs is 7. The summed E-state index contributed by atoms with van der Waals surface area (Å²) >= 11 is 0. The van der Waals surface area contributed by atoms with E-state index in [1.165, 1.54) is 0 Å². The predicted molar refractivity (Wildman–Crippen MR) is 143 cm³/mol. The lowest BCUT2D eigenvalue weighted by atomic mass is 9.97. The van der Waals surface area contributed by atoms with Crippen LogP contribution >= 0.6 is 0 Å². The average molecular weight is 505 g/mol. The molecule has 2 aromatic carbocycles. The van der Waals surface area contributed by atoms with Crippen molar-refractivity contribution in [1.82, 2.24) is 20.9 Å². The zero-order chi connectivity index (χ0) is 26.4. The van der Waals surface area contributed by atoms with E-state index in [4.69, 9.17) is 4.74 Å². The quantitative estimate of drug-likeness (QED) is 0.561. The molecule has 8 nitrogen and oxygen atoms in total. The van der Waals surface area contributed by atoms with Crippen LogP contribution in [0, 0.1) is 5.92 Å². The van der Waals surface area contributed by atoms with E-state index in [2.05, 4.69) is 16.0 Å². The summed E-state index contributed by atoms with van der Waals surface area (Å²) in [5.74, 6) is -0.317. The molecule has 3 amide bonds. The third-order valence-electron chi connectivity index (χ3n) is 7.29. The first-order chi connectivity index (χ1) is 17.9. The van der Waals surface area contributed by atoms with E-state index >= 15 is 0 Å². The fourth-order valence-electron chi connectivity index (χ4n) is 4.89. The smallest absolute Gasteiger partial charge is 0.247 e. The molecule has 1 fully saturated rings. The number of rotatable bonds is 6. The molecule has 2 bridgehead atoms. The van der Waals surface area contributed by atoms with Crippen molar-refractivity contribution in [1.29, 1.82) is 0 Å². The minimum Gasteiger partial charge on any atom is -0.488 e. The number of hydrogen-bond donors (Lipinski definition) is 3. The number of ether oxygens (including phenoxy) is 1. The van der Waals surface area contributed by atoms with Crippen molar-refractivity contribution in [3.05, 3.63) is 71.9 Å². The second-order valence-corrected chi connectivity index (χ2v) is 9.74. The molecule has 37 heavy (non-hydrogen) atoms. The molecular formula is C29H36N4O4. The second-order valence-electron chi connectivity index (χ2n) is 9.74. The van der Waals surface area contributed by atoms with Crippen molar-refractivity contribution >= 4 is 23.8 Å². The largest absolute Gasteiger partial charge is 0.488 e. The Morgan fingerprint density at radius 2 is 1.84 bits per heavy atom. The summed E-state index contributed by atoms with van der Waals surface area (Å²) in [6, 6.07) is 15.1. The number of carbonyl (C=O) groups is 3. The fraction of sp³-hybridized carbons (Fsp3) is 0.414. The lowest BCUT2D eigenvalue weighted by Gasteiger charge is -2.32.